The first-order chi connectivity index (χ1) is 14.8. The Morgan fingerprint density at radius 2 is 2.00 bits per heavy atom. The molecule has 2 aromatic heterocycles. The van der Waals surface area contributed by atoms with Crippen molar-refractivity contribution in [3.8, 4) is 0 Å². The third-order valence-corrected chi connectivity index (χ3v) is 5.91. The molecule has 0 spiro atoms. The number of methoxy groups -OCH3 is 1. The Morgan fingerprint density at radius 3 is 2.61 bits per heavy atom. The lowest BCUT2D eigenvalue weighted by molar-refractivity contribution is -0.122. The fourth-order valence-electron chi connectivity index (χ4n) is 4.25. The number of amides is 2. The lowest BCUT2D eigenvalue weighted by atomic mass is 9.92. The van der Waals surface area contributed by atoms with E-state index in [0.29, 0.717) is 48.4 Å². The first-order valence-electron chi connectivity index (χ1n) is 10.7. The molecule has 0 radical (unpaired) electrons. The Bertz CT molecular complexity index is 923. The van der Waals surface area contributed by atoms with E-state index in [9.17, 15) is 14.4 Å². The van der Waals surface area contributed by atoms with Gasteiger partial charge >= 0.3 is 5.97 Å². The predicted octanol–water partition coefficient (Wildman–Crippen LogP) is 3.00. The molecule has 168 valence electrons. The molecule has 1 aliphatic rings. The number of esters is 1. The first-order valence-corrected chi connectivity index (χ1v) is 10.7. The van der Waals surface area contributed by atoms with Crippen molar-refractivity contribution in [1.82, 2.24) is 15.2 Å². The normalized spacial score (nSPS) is 15.5. The highest BCUT2D eigenvalue weighted by Gasteiger charge is 2.29. The Labute approximate surface area is 182 Å². The molecule has 0 saturated carbocycles. The van der Waals surface area contributed by atoms with Gasteiger partial charge in [-0.15, -0.1) is 0 Å². The lowest BCUT2D eigenvalue weighted by Gasteiger charge is -2.32. The molecule has 8 nitrogen and oxygen atoms in total. The van der Waals surface area contributed by atoms with Crippen molar-refractivity contribution in [2.75, 3.05) is 20.2 Å². The second kappa shape index (κ2) is 9.85. The minimum atomic E-state index is -0.448. The van der Waals surface area contributed by atoms with Crippen molar-refractivity contribution in [2.24, 2.45) is 5.92 Å². The number of hydrogen-bond donors (Lipinski definition) is 2. The van der Waals surface area contributed by atoms with E-state index in [1.54, 1.807) is 25.0 Å². The van der Waals surface area contributed by atoms with Crippen LogP contribution in [0.2, 0.25) is 0 Å². The van der Waals surface area contributed by atoms with Gasteiger partial charge in [-0.05, 0) is 57.2 Å². The van der Waals surface area contributed by atoms with Crippen LogP contribution in [-0.4, -0.2) is 53.9 Å². The second-order valence-corrected chi connectivity index (χ2v) is 8.31. The summed E-state index contributed by atoms with van der Waals surface area (Å²) in [5.41, 5.74) is 2.09. The molecule has 1 aliphatic heterocycles. The fraction of sp³-hybridized carbons (Fsp3) is 0.522. The number of nitrogens with zero attached hydrogens (tertiary/aromatic N) is 1. The zero-order valence-corrected chi connectivity index (χ0v) is 18.6. The summed E-state index contributed by atoms with van der Waals surface area (Å²) >= 11 is 0. The summed E-state index contributed by atoms with van der Waals surface area (Å²) in [5.74, 6) is 0.561. The van der Waals surface area contributed by atoms with Crippen molar-refractivity contribution < 1.29 is 23.5 Å². The van der Waals surface area contributed by atoms with Crippen LogP contribution in [0, 0.1) is 19.8 Å². The van der Waals surface area contributed by atoms with Crippen LogP contribution in [0.15, 0.2) is 22.8 Å². The Balaban J connectivity index is 1.49. The molecule has 2 aromatic rings. The predicted molar refractivity (Wildman–Crippen MR) is 115 cm³/mol. The molecule has 1 saturated heterocycles. The number of hydrogen-bond acceptors (Lipinski definition) is 5. The lowest BCUT2D eigenvalue weighted by Crippen LogP contribution is -2.41. The van der Waals surface area contributed by atoms with E-state index in [0.717, 1.165) is 18.6 Å². The van der Waals surface area contributed by atoms with Crippen LogP contribution in [0.5, 0.6) is 0 Å². The number of carbonyl (C=O) groups excluding carboxylic acids is 3. The number of furan rings is 1. The van der Waals surface area contributed by atoms with Gasteiger partial charge in [-0.3, -0.25) is 9.59 Å². The molecule has 0 unspecified atom stereocenters. The van der Waals surface area contributed by atoms with Crippen LogP contribution in [-0.2, 0) is 16.0 Å². The molecule has 0 bridgehead atoms. The third kappa shape index (κ3) is 5.37. The smallest absolute Gasteiger partial charge is 0.339 e. The zero-order chi connectivity index (χ0) is 22.5. The highest BCUT2D eigenvalue weighted by atomic mass is 16.5. The van der Waals surface area contributed by atoms with Crippen molar-refractivity contribution in [1.29, 1.82) is 0 Å². The van der Waals surface area contributed by atoms with E-state index in [4.69, 9.17) is 9.15 Å². The molecule has 2 amide bonds. The van der Waals surface area contributed by atoms with Gasteiger partial charge in [0.2, 0.25) is 5.91 Å². The number of rotatable bonds is 7. The van der Waals surface area contributed by atoms with Gasteiger partial charge < -0.3 is 24.4 Å². The molecule has 2 N–H and O–H groups in total. The molecule has 0 aromatic carbocycles. The number of aryl methyl sites for hydroxylation is 1. The van der Waals surface area contributed by atoms with Gasteiger partial charge in [0.25, 0.3) is 5.91 Å². The molecular formula is C23H31N3O5. The van der Waals surface area contributed by atoms with Crippen LogP contribution >= 0.6 is 0 Å². The summed E-state index contributed by atoms with van der Waals surface area (Å²) in [5, 5.41) is 3.03. The van der Waals surface area contributed by atoms with Crippen LogP contribution < -0.4 is 5.32 Å². The van der Waals surface area contributed by atoms with Gasteiger partial charge in [-0.2, -0.15) is 0 Å². The maximum absolute atomic E-state index is 13.0. The number of piperidine rings is 1. The van der Waals surface area contributed by atoms with Gasteiger partial charge in [0, 0.05) is 37.7 Å². The number of likely N-dealkylation sites (tertiary alicyclic amines) is 1. The minimum absolute atomic E-state index is 0.00316. The van der Waals surface area contributed by atoms with E-state index < -0.39 is 5.97 Å². The van der Waals surface area contributed by atoms with E-state index in [2.05, 4.69) is 10.3 Å². The zero-order valence-electron chi connectivity index (χ0n) is 18.6. The average Bonchev–Trinajstić information content (AvgIpc) is 3.34. The number of aromatic nitrogens is 1. The Morgan fingerprint density at radius 1 is 1.29 bits per heavy atom. The summed E-state index contributed by atoms with van der Waals surface area (Å²) in [4.78, 5) is 42.2. The quantitative estimate of drug-likeness (QED) is 0.659. The molecular weight excluding hydrogens is 398 g/mol. The van der Waals surface area contributed by atoms with Gasteiger partial charge in [0.05, 0.1) is 18.9 Å². The number of aromatic amines is 1. The van der Waals surface area contributed by atoms with Gasteiger partial charge in [-0.25, -0.2) is 4.79 Å². The highest BCUT2D eigenvalue weighted by Crippen LogP contribution is 2.25. The van der Waals surface area contributed by atoms with E-state index >= 15 is 0 Å². The molecule has 3 rings (SSSR count). The summed E-state index contributed by atoms with van der Waals surface area (Å²) in [6, 6.07) is 3.74. The van der Waals surface area contributed by atoms with Crippen LogP contribution in [0.3, 0.4) is 0 Å². The maximum Gasteiger partial charge on any atom is 0.339 e. The number of carbonyl (C=O) groups is 3. The summed E-state index contributed by atoms with van der Waals surface area (Å²) in [7, 11) is 1.33. The van der Waals surface area contributed by atoms with Crippen LogP contribution in [0.1, 0.15) is 64.1 Å². The van der Waals surface area contributed by atoms with Crippen molar-refractivity contribution >= 4 is 17.8 Å². The van der Waals surface area contributed by atoms with Crippen molar-refractivity contribution in [3.63, 3.8) is 0 Å². The SMILES string of the molecule is COC(=O)c1c(C)[nH]c(C(=O)N2CCC(CC(=O)N[C@H](C)Cc3ccco3)CC2)c1C. The number of H-pyrrole nitrogens is 1. The van der Waals surface area contributed by atoms with Crippen LogP contribution in [0.4, 0.5) is 0 Å². The van der Waals surface area contributed by atoms with E-state index in [1.807, 2.05) is 19.1 Å². The topological polar surface area (TPSA) is 105 Å². The van der Waals surface area contributed by atoms with Crippen LogP contribution in [0.25, 0.3) is 0 Å². The van der Waals surface area contributed by atoms with Gasteiger partial charge in [0.1, 0.15) is 11.5 Å². The molecule has 1 atom stereocenters. The van der Waals surface area contributed by atoms with E-state index in [1.165, 1.54) is 7.11 Å². The monoisotopic (exact) mass is 429 g/mol. The van der Waals surface area contributed by atoms with Crippen molar-refractivity contribution in [2.45, 2.75) is 52.5 Å². The minimum Gasteiger partial charge on any atom is -0.469 e. The largest absolute Gasteiger partial charge is 0.469 e. The van der Waals surface area contributed by atoms with Gasteiger partial charge in [0.15, 0.2) is 0 Å². The molecule has 0 aliphatic carbocycles. The summed E-state index contributed by atoms with van der Waals surface area (Å²) < 4.78 is 10.1. The second-order valence-electron chi connectivity index (χ2n) is 8.31. The average molecular weight is 430 g/mol. The Kier molecular flexibility index (Phi) is 7.20. The first kappa shape index (κ1) is 22.7. The Hall–Kier alpha value is -3.03. The van der Waals surface area contributed by atoms with Crippen molar-refractivity contribution in [3.05, 3.63) is 46.7 Å². The maximum atomic E-state index is 13.0. The number of ether oxygens (including phenoxy) is 1. The van der Waals surface area contributed by atoms with E-state index in [-0.39, 0.29) is 23.8 Å². The highest BCUT2D eigenvalue weighted by molar-refractivity contribution is 6.00. The molecule has 8 heteroatoms. The standard InChI is InChI=1S/C23H31N3O5/c1-14(12-18-6-5-11-31-18)24-19(27)13-17-7-9-26(10-8-17)22(28)21-15(2)20(16(3)25-21)23(29)30-4/h5-6,11,14,17,25H,7-10,12-13H2,1-4H3,(H,24,27)/t14-/m1/s1. The number of nitrogens with one attached hydrogen (secondary N) is 2. The molecule has 31 heavy (non-hydrogen) atoms. The van der Waals surface area contributed by atoms with Gasteiger partial charge in [-0.1, -0.05) is 0 Å². The summed E-state index contributed by atoms with van der Waals surface area (Å²) in [6.07, 6.45) is 4.29. The third-order valence-electron chi connectivity index (χ3n) is 5.91. The molecule has 1 fully saturated rings. The molecule has 3 heterocycles. The fourth-order valence-corrected chi connectivity index (χ4v) is 4.25. The summed E-state index contributed by atoms with van der Waals surface area (Å²) in [6.45, 7) is 6.65.